The summed E-state index contributed by atoms with van der Waals surface area (Å²) < 4.78 is 0. The summed E-state index contributed by atoms with van der Waals surface area (Å²) in [4.78, 5) is 4.80. The third-order valence-electron chi connectivity index (χ3n) is 5.67. The molecule has 0 unspecified atom stereocenters. The lowest BCUT2D eigenvalue weighted by Gasteiger charge is -2.32. The molecule has 0 bridgehead atoms. The van der Waals surface area contributed by atoms with Gasteiger partial charge >= 0.3 is 0 Å². The van der Waals surface area contributed by atoms with E-state index in [4.69, 9.17) is 0 Å². The van der Waals surface area contributed by atoms with Gasteiger partial charge in [0.25, 0.3) is 0 Å². The van der Waals surface area contributed by atoms with Gasteiger partial charge < -0.3 is 10.2 Å². The zero-order valence-electron chi connectivity index (χ0n) is 17.3. The molecule has 0 atom stereocenters. The molecule has 1 aliphatic heterocycles. The highest BCUT2D eigenvalue weighted by Crippen LogP contribution is 2.21. The Labute approximate surface area is 169 Å². The summed E-state index contributed by atoms with van der Waals surface area (Å²) in [6, 6.07) is 15.1. The molecule has 1 aliphatic rings. The highest BCUT2D eigenvalue weighted by atomic mass is 15.2. The molecule has 2 aromatic carbocycles. The maximum absolute atomic E-state index is 9.53. The molecule has 146 valence electrons. The second-order valence-corrected chi connectivity index (χ2v) is 7.73. The minimum Gasteiger partial charge on any atom is -0.388 e. The normalized spacial score (nSPS) is 15.2. The van der Waals surface area contributed by atoms with Crippen LogP contribution in [0.3, 0.4) is 0 Å². The number of nitriles is 1. The number of hydrogen-bond donors (Lipinski definition) is 1. The first-order valence-corrected chi connectivity index (χ1v) is 9.89. The minimum absolute atomic E-state index is 0.792. The molecule has 0 amide bonds. The number of likely N-dealkylation sites (N-methyl/N-ethyl adjacent to an activating group) is 1. The number of benzene rings is 2. The van der Waals surface area contributed by atoms with Crippen LogP contribution >= 0.6 is 0 Å². The molecule has 1 N–H and O–H groups in total. The molecule has 1 fully saturated rings. The summed E-state index contributed by atoms with van der Waals surface area (Å²) in [7, 11) is 4.06. The van der Waals surface area contributed by atoms with Crippen LogP contribution in [0.15, 0.2) is 43.0 Å². The van der Waals surface area contributed by atoms with Gasteiger partial charge in [0.15, 0.2) is 0 Å². The first kappa shape index (κ1) is 20.1. The van der Waals surface area contributed by atoms with E-state index in [1.807, 2.05) is 13.1 Å². The predicted molar refractivity (Wildman–Crippen MR) is 116 cm³/mol. The summed E-state index contributed by atoms with van der Waals surface area (Å²) in [6.45, 7) is 11.3. The Morgan fingerprint density at radius 1 is 1.11 bits per heavy atom. The van der Waals surface area contributed by atoms with Gasteiger partial charge in [-0.25, -0.2) is 0 Å². The Morgan fingerprint density at radius 2 is 1.86 bits per heavy atom. The van der Waals surface area contributed by atoms with Crippen LogP contribution in [0, 0.1) is 18.3 Å². The molecule has 28 heavy (non-hydrogen) atoms. The van der Waals surface area contributed by atoms with Crippen molar-refractivity contribution in [1.29, 1.82) is 5.26 Å². The lowest BCUT2D eigenvalue weighted by molar-refractivity contribution is 0.148. The van der Waals surface area contributed by atoms with E-state index in [2.05, 4.69) is 72.1 Å². The van der Waals surface area contributed by atoms with Crippen LogP contribution in [0.4, 0.5) is 0 Å². The van der Waals surface area contributed by atoms with Crippen LogP contribution in [0.25, 0.3) is 5.70 Å². The smallest absolute Gasteiger partial charge is 0.0995 e. The maximum atomic E-state index is 9.53. The van der Waals surface area contributed by atoms with Crippen molar-refractivity contribution in [2.75, 3.05) is 40.3 Å². The largest absolute Gasteiger partial charge is 0.388 e. The zero-order chi connectivity index (χ0) is 20.1. The lowest BCUT2D eigenvalue weighted by Crippen LogP contribution is -2.44. The Kier molecular flexibility index (Phi) is 6.51. The van der Waals surface area contributed by atoms with Crippen LogP contribution in [0.1, 0.15) is 33.4 Å². The molecule has 2 aromatic rings. The van der Waals surface area contributed by atoms with Crippen molar-refractivity contribution in [3.05, 3.63) is 76.4 Å². The SMILES string of the molecule is C=C(NC)c1ccc(Cc2ccc(C#N)c(CN3CCN(C)CC3)c2)c(C)c1. The number of rotatable bonds is 6. The van der Waals surface area contributed by atoms with Gasteiger partial charge in [-0.3, -0.25) is 4.90 Å². The molecule has 0 aromatic heterocycles. The molecule has 1 saturated heterocycles. The van der Waals surface area contributed by atoms with Crippen LogP contribution in [0.5, 0.6) is 0 Å². The fraction of sp³-hybridized carbons (Fsp3) is 0.375. The molecule has 0 aliphatic carbocycles. The lowest BCUT2D eigenvalue weighted by atomic mass is 9.95. The molecular weight excluding hydrogens is 344 g/mol. The van der Waals surface area contributed by atoms with Crippen LogP contribution in [0.2, 0.25) is 0 Å². The number of piperazine rings is 1. The van der Waals surface area contributed by atoms with E-state index >= 15 is 0 Å². The van der Waals surface area contributed by atoms with Crippen LogP contribution in [-0.4, -0.2) is 50.1 Å². The number of aryl methyl sites for hydroxylation is 1. The van der Waals surface area contributed by atoms with Crippen molar-refractivity contribution in [1.82, 2.24) is 15.1 Å². The topological polar surface area (TPSA) is 42.3 Å². The Morgan fingerprint density at radius 3 is 2.50 bits per heavy atom. The average molecular weight is 375 g/mol. The van der Waals surface area contributed by atoms with Crippen molar-refractivity contribution < 1.29 is 0 Å². The molecule has 4 nitrogen and oxygen atoms in total. The molecule has 4 heteroatoms. The van der Waals surface area contributed by atoms with Gasteiger partial charge in [-0.05, 0) is 60.3 Å². The molecule has 0 radical (unpaired) electrons. The fourth-order valence-corrected chi connectivity index (χ4v) is 3.69. The number of nitrogens with one attached hydrogen (secondary N) is 1. The van der Waals surface area contributed by atoms with E-state index in [9.17, 15) is 5.26 Å². The molecule has 1 heterocycles. The van der Waals surface area contributed by atoms with Crippen molar-refractivity contribution >= 4 is 5.70 Å². The van der Waals surface area contributed by atoms with Gasteiger partial charge in [0.05, 0.1) is 11.6 Å². The highest BCUT2D eigenvalue weighted by Gasteiger charge is 2.16. The Bertz CT molecular complexity index is 886. The van der Waals surface area contributed by atoms with E-state index in [1.165, 1.54) is 16.7 Å². The summed E-state index contributed by atoms with van der Waals surface area (Å²) >= 11 is 0. The average Bonchev–Trinajstić information content (AvgIpc) is 2.71. The summed E-state index contributed by atoms with van der Waals surface area (Å²) in [5, 5.41) is 12.6. The monoisotopic (exact) mass is 374 g/mol. The zero-order valence-corrected chi connectivity index (χ0v) is 17.3. The minimum atomic E-state index is 0.792. The van der Waals surface area contributed by atoms with Crippen molar-refractivity contribution in [3.8, 4) is 6.07 Å². The van der Waals surface area contributed by atoms with Gasteiger partial charge in [0.1, 0.15) is 0 Å². The maximum Gasteiger partial charge on any atom is 0.0995 e. The van der Waals surface area contributed by atoms with E-state index in [0.717, 1.165) is 61.5 Å². The first-order chi connectivity index (χ1) is 13.5. The second-order valence-electron chi connectivity index (χ2n) is 7.73. The van der Waals surface area contributed by atoms with E-state index in [1.54, 1.807) is 0 Å². The predicted octanol–water partition coefficient (Wildman–Crippen LogP) is 3.40. The number of hydrogen-bond acceptors (Lipinski definition) is 4. The van der Waals surface area contributed by atoms with E-state index in [0.29, 0.717) is 0 Å². The first-order valence-electron chi connectivity index (χ1n) is 9.89. The number of nitrogens with zero attached hydrogens (tertiary/aromatic N) is 3. The van der Waals surface area contributed by atoms with Gasteiger partial charge in [-0.1, -0.05) is 30.8 Å². The third-order valence-corrected chi connectivity index (χ3v) is 5.67. The fourth-order valence-electron chi connectivity index (χ4n) is 3.69. The Balaban J connectivity index is 1.78. The molecular formula is C24H30N4. The molecule has 0 saturated carbocycles. The quantitative estimate of drug-likeness (QED) is 0.842. The van der Waals surface area contributed by atoms with Gasteiger partial charge in [0.2, 0.25) is 0 Å². The molecule has 0 spiro atoms. The van der Waals surface area contributed by atoms with E-state index in [-0.39, 0.29) is 0 Å². The third kappa shape index (κ3) is 4.81. The van der Waals surface area contributed by atoms with Crippen LogP contribution in [-0.2, 0) is 13.0 Å². The standard InChI is InChI=1S/C24H30N4/c1-18-13-22(19(2)26-3)8-7-21(18)14-20-5-6-23(16-25)24(15-20)17-28-11-9-27(4)10-12-28/h5-8,13,15,26H,2,9-12,14,17H2,1,3-4H3. The van der Waals surface area contributed by atoms with Gasteiger partial charge in [-0.15, -0.1) is 0 Å². The van der Waals surface area contributed by atoms with Crippen molar-refractivity contribution in [2.45, 2.75) is 19.9 Å². The van der Waals surface area contributed by atoms with Crippen molar-refractivity contribution in [2.24, 2.45) is 0 Å². The van der Waals surface area contributed by atoms with Gasteiger partial charge in [0, 0.05) is 45.5 Å². The highest BCUT2D eigenvalue weighted by molar-refractivity contribution is 5.62. The van der Waals surface area contributed by atoms with E-state index < -0.39 is 0 Å². The summed E-state index contributed by atoms with van der Waals surface area (Å²) in [5.41, 5.74) is 7.82. The Hall–Kier alpha value is -2.61. The van der Waals surface area contributed by atoms with Gasteiger partial charge in [-0.2, -0.15) is 5.26 Å². The molecule has 3 rings (SSSR count). The second kappa shape index (κ2) is 9.05. The summed E-state index contributed by atoms with van der Waals surface area (Å²) in [5.74, 6) is 0. The van der Waals surface area contributed by atoms with Crippen molar-refractivity contribution in [3.63, 3.8) is 0 Å². The van der Waals surface area contributed by atoms with Crippen LogP contribution < -0.4 is 5.32 Å². The summed E-state index contributed by atoms with van der Waals surface area (Å²) in [6.07, 6.45) is 0.875.